The van der Waals surface area contributed by atoms with Gasteiger partial charge in [-0.05, 0) is 60.8 Å². The predicted molar refractivity (Wildman–Crippen MR) is 88.6 cm³/mol. The van der Waals surface area contributed by atoms with Gasteiger partial charge in [0.15, 0.2) is 0 Å². The summed E-state index contributed by atoms with van der Waals surface area (Å²) >= 11 is 12.0. The molecular weight excluding hydrogens is 308 g/mol. The maximum absolute atomic E-state index is 13.6. The fourth-order valence-electron chi connectivity index (χ4n) is 2.29. The van der Waals surface area contributed by atoms with Gasteiger partial charge >= 0.3 is 0 Å². The van der Waals surface area contributed by atoms with Gasteiger partial charge in [0.1, 0.15) is 5.82 Å². The fraction of sp³-hybridized carbons (Fsp3) is 0.294. The smallest absolute Gasteiger partial charge is 0.123 e. The predicted octanol–water partition coefficient (Wildman–Crippen LogP) is 5.86. The van der Waals surface area contributed by atoms with Crippen molar-refractivity contribution in [3.8, 4) is 11.1 Å². The first-order chi connectivity index (χ1) is 10.0. The molecule has 1 nitrogen and oxygen atoms in total. The second-order valence-corrected chi connectivity index (χ2v) is 5.85. The van der Waals surface area contributed by atoms with E-state index in [1.165, 1.54) is 6.07 Å². The molecule has 1 unspecified atom stereocenters. The average molecular weight is 326 g/mol. The molecule has 1 atom stereocenters. The van der Waals surface area contributed by atoms with Crippen LogP contribution in [0.25, 0.3) is 11.1 Å². The topological polar surface area (TPSA) is 12.0 Å². The molecule has 0 spiro atoms. The van der Waals surface area contributed by atoms with Crippen molar-refractivity contribution in [1.29, 1.82) is 0 Å². The van der Waals surface area contributed by atoms with Crippen molar-refractivity contribution in [2.24, 2.45) is 0 Å². The van der Waals surface area contributed by atoms with Crippen LogP contribution in [0.1, 0.15) is 31.9 Å². The zero-order valence-electron chi connectivity index (χ0n) is 12.1. The van der Waals surface area contributed by atoms with E-state index in [4.69, 9.17) is 23.2 Å². The molecule has 2 aromatic carbocycles. The van der Waals surface area contributed by atoms with E-state index in [-0.39, 0.29) is 11.9 Å². The normalized spacial score (nSPS) is 12.4. The minimum Gasteiger partial charge on any atom is -0.310 e. The highest BCUT2D eigenvalue weighted by Crippen LogP contribution is 2.33. The largest absolute Gasteiger partial charge is 0.310 e. The highest BCUT2D eigenvalue weighted by Gasteiger charge is 2.13. The van der Waals surface area contributed by atoms with Crippen molar-refractivity contribution in [1.82, 2.24) is 5.32 Å². The number of benzene rings is 2. The summed E-state index contributed by atoms with van der Waals surface area (Å²) in [6.07, 6.45) is 1.05. The van der Waals surface area contributed by atoms with E-state index in [0.717, 1.165) is 29.7 Å². The monoisotopic (exact) mass is 325 g/mol. The molecular formula is C17H18Cl2FN. The van der Waals surface area contributed by atoms with Crippen LogP contribution >= 0.6 is 23.2 Å². The third kappa shape index (κ3) is 3.97. The van der Waals surface area contributed by atoms with Crippen LogP contribution < -0.4 is 5.32 Å². The Morgan fingerprint density at radius 2 is 1.86 bits per heavy atom. The van der Waals surface area contributed by atoms with Crippen LogP contribution in [0, 0.1) is 5.82 Å². The van der Waals surface area contributed by atoms with E-state index in [2.05, 4.69) is 19.2 Å². The van der Waals surface area contributed by atoms with Crippen molar-refractivity contribution in [2.45, 2.75) is 26.3 Å². The molecule has 0 aliphatic heterocycles. The molecule has 0 aliphatic rings. The Morgan fingerprint density at radius 3 is 2.52 bits per heavy atom. The lowest BCUT2D eigenvalue weighted by atomic mass is 9.95. The molecule has 0 amide bonds. The van der Waals surface area contributed by atoms with Crippen molar-refractivity contribution in [3.05, 3.63) is 57.8 Å². The van der Waals surface area contributed by atoms with Gasteiger partial charge in [0, 0.05) is 6.04 Å². The van der Waals surface area contributed by atoms with E-state index < -0.39 is 0 Å². The summed E-state index contributed by atoms with van der Waals surface area (Å²) in [7, 11) is 0. The molecule has 0 aromatic heterocycles. The van der Waals surface area contributed by atoms with E-state index in [1.807, 2.05) is 12.1 Å². The molecule has 2 rings (SSSR count). The third-order valence-corrected chi connectivity index (χ3v) is 4.15. The first-order valence-corrected chi connectivity index (χ1v) is 7.76. The molecule has 0 saturated heterocycles. The van der Waals surface area contributed by atoms with Crippen molar-refractivity contribution >= 4 is 23.2 Å². The zero-order valence-corrected chi connectivity index (χ0v) is 13.6. The molecule has 112 valence electrons. The Hall–Kier alpha value is -1.09. The summed E-state index contributed by atoms with van der Waals surface area (Å²) in [5.41, 5.74) is 2.75. The maximum Gasteiger partial charge on any atom is 0.123 e. The molecule has 1 N–H and O–H groups in total. The summed E-state index contributed by atoms with van der Waals surface area (Å²) in [4.78, 5) is 0. The Labute approximate surface area is 135 Å². The first-order valence-electron chi connectivity index (χ1n) is 7.01. The Morgan fingerprint density at radius 1 is 1.10 bits per heavy atom. The summed E-state index contributed by atoms with van der Waals surface area (Å²) in [6.45, 7) is 5.10. The highest BCUT2D eigenvalue weighted by molar-refractivity contribution is 6.42. The van der Waals surface area contributed by atoms with Crippen LogP contribution in [0.5, 0.6) is 0 Å². The van der Waals surface area contributed by atoms with Gasteiger partial charge < -0.3 is 5.32 Å². The van der Waals surface area contributed by atoms with Gasteiger partial charge in [0.05, 0.1) is 10.0 Å². The second-order valence-electron chi connectivity index (χ2n) is 5.04. The fourth-order valence-corrected chi connectivity index (χ4v) is 2.59. The van der Waals surface area contributed by atoms with Crippen LogP contribution in [0.4, 0.5) is 4.39 Å². The number of halogens is 3. The van der Waals surface area contributed by atoms with Crippen LogP contribution in [0.15, 0.2) is 36.4 Å². The van der Waals surface area contributed by atoms with Gasteiger partial charge in [-0.2, -0.15) is 0 Å². The number of rotatable bonds is 5. The molecule has 0 aliphatic carbocycles. The second kappa shape index (κ2) is 7.26. The molecule has 0 saturated carbocycles. The Balaban J connectivity index is 2.45. The van der Waals surface area contributed by atoms with Gasteiger partial charge in [-0.25, -0.2) is 4.39 Å². The van der Waals surface area contributed by atoms with Crippen molar-refractivity contribution in [2.75, 3.05) is 6.54 Å². The summed E-state index contributed by atoms with van der Waals surface area (Å²) in [5, 5.41) is 4.39. The summed E-state index contributed by atoms with van der Waals surface area (Å²) in [6, 6.07) is 10.3. The standard InChI is InChI=1S/C17H18Cl2FN/c1-3-8-21-11(2)14-6-5-13(20)10-15(14)12-4-7-16(18)17(19)9-12/h4-7,9-11,21H,3,8H2,1-2H3. The number of nitrogens with one attached hydrogen (secondary N) is 1. The van der Waals surface area contributed by atoms with Gasteiger partial charge in [-0.1, -0.05) is 42.3 Å². The van der Waals surface area contributed by atoms with Crippen LogP contribution in [-0.4, -0.2) is 6.54 Å². The average Bonchev–Trinajstić information content (AvgIpc) is 2.47. The van der Waals surface area contributed by atoms with Crippen molar-refractivity contribution < 1.29 is 4.39 Å². The van der Waals surface area contributed by atoms with Gasteiger partial charge in [0.2, 0.25) is 0 Å². The van der Waals surface area contributed by atoms with Crippen LogP contribution in [-0.2, 0) is 0 Å². The van der Waals surface area contributed by atoms with Crippen LogP contribution in [0.3, 0.4) is 0 Å². The van der Waals surface area contributed by atoms with Gasteiger partial charge in [0.25, 0.3) is 0 Å². The van der Waals surface area contributed by atoms with Gasteiger partial charge in [-0.15, -0.1) is 0 Å². The molecule has 21 heavy (non-hydrogen) atoms. The molecule has 4 heteroatoms. The SMILES string of the molecule is CCCNC(C)c1ccc(F)cc1-c1ccc(Cl)c(Cl)c1. The third-order valence-electron chi connectivity index (χ3n) is 3.41. The minimum absolute atomic E-state index is 0.134. The highest BCUT2D eigenvalue weighted by atomic mass is 35.5. The maximum atomic E-state index is 13.6. The van der Waals surface area contributed by atoms with E-state index >= 15 is 0 Å². The molecule has 0 fully saturated rings. The van der Waals surface area contributed by atoms with Gasteiger partial charge in [-0.3, -0.25) is 0 Å². The summed E-state index contributed by atoms with van der Waals surface area (Å²) < 4.78 is 13.6. The lowest BCUT2D eigenvalue weighted by Gasteiger charge is -2.18. The molecule has 0 heterocycles. The molecule has 0 radical (unpaired) electrons. The lowest BCUT2D eigenvalue weighted by Crippen LogP contribution is -2.20. The summed E-state index contributed by atoms with van der Waals surface area (Å²) in [5.74, 6) is -0.262. The van der Waals surface area contributed by atoms with E-state index in [0.29, 0.717) is 10.0 Å². The quantitative estimate of drug-likeness (QED) is 0.725. The number of hydrogen-bond donors (Lipinski definition) is 1. The number of hydrogen-bond acceptors (Lipinski definition) is 1. The van der Waals surface area contributed by atoms with E-state index in [1.54, 1.807) is 18.2 Å². The van der Waals surface area contributed by atoms with E-state index in [9.17, 15) is 4.39 Å². The Kier molecular flexibility index (Phi) is 5.63. The first kappa shape index (κ1) is 16.3. The van der Waals surface area contributed by atoms with Crippen LogP contribution in [0.2, 0.25) is 10.0 Å². The molecule has 2 aromatic rings. The zero-order chi connectivity index (χ0) is 15.4. The minimum atomic E-state index is -0.262. The Bertz CT molecular complexity index is 628. The molecule has 0 bridgehead atoms. The van der Waals surface area contributed by atoms with Crippen molar-refractivity contribution in [3.63, 3.8) is 0 Å². The lowest BCUT2D eigenvalue weighted by molar-refractivity contribution is 0.569.